The summed E-state index contributed by atoms with van der Waals surface area (Å²) in [6.07, 6.45) is 1.35. The minimum atomic E-state index is -3.50. The van der Waals surface area contributed by atoms with Gasteiger partial charge in [0.25, 0.3) is 10.2 Å². The smallest absolute Gasteiger partial charge is 0.281 e. The third-order valence-electron chi connectivity index (χ3n) is 4.49. The molecule has 152 valence electrons. The fourth-order valence-electron chi connectivity index (χ4n) is 2.89. The molecular formula is C18H29N3O5S. The molecule has 0 radical (unpaired) electrons. The predicted molar refractivity (Wildman–Crippen MR) is 103 cm³/mol. The van der Waals surface area contributed by atoms with Gasteiger partial charge in [-0.15, -0.1) is 0 Å². The lowest BCUT2D eigenvalue weighted by Gasteiger charge is -2.33. The van der Waals surface area contributed by atoms with E-state index in [1.54, 1.807) is 31.4 Å². The standard InChI is InChI=1S/C18H29N3O5S/c1-14(13-26-17-9-7-16(25-4)8-10-17)19-18(22)15-6-5-11-21(12-15)27(23,24)20(2)3/h7-10,14-15H,5-6,11-13H2,1-4H3,(H,19,22). The molecule has 1 aromatic rings. The summed E-state index contributed by atoms with van der Waals surface area (Å²) in [4.78, 5) is 12.5. The van der Waals surface area contributed by atoms with Crippen LogP contribution in [0.2, 0.25) is 0 Å². The van der Waals surface area contributed by atoms with Gasteiger partial charge in [-0.1, -0.05) is 0 Å². The number of piperidine rings is 1. The van der Waals surface area contributed by atoms with E-state index >= 15 is 0 Å². The number of carbonyl (C=O) groups is 1. The van der Waals surface area contributed by atoms with E-state index in [4.69, 9.17) is 9.47 Å². The van der Waals surface area contributed by atoms with Gasteiger partial charge in [-0.05, 0) is 44.0 Å². The summed E-state index contributed by atoms with van der Waals surface area (Å²) in [6, 6.07) is 7.03. The molecule has 0 bridgehead atoms. The summed E-state index contributed by atoms with van der Waals surface area (Å²) >= 11 is 0. The molecule has 1 aromatic carbocycles. The highest BCUT2D eigenvalue weighted by molar-refractivity contribution is 7.86. The van der Waals surface area contributed by atoms with Crippen molar-refractivity contribution in [1.29, 1.82) is 0 Å². The number of methoxy groups -OCH3 is 1. The van der Waals surface area contributed by atoms with Gasteiger partial charge in [-0.3, -0.25) is 4.79 Å². The SMILES string of the molecule is COc1ccc(OCC(C)NC(=O)C2CCCN(S(=O)(=O)N(C)C)C2)cc1. The van der Waals surface area contributed by atoms with E-state index < -0.39 is 10.2 Å². The molecule has 1 N–H and O–H groups in total. The molecular weight excluding hydrogens is 370 g/mol. The van der Waals surface area contributed by atoms with E-state index in [1.807, 2.05) is 6.92 Å². The molecule has 2 rings (SSSR count). The van der Waals surface area contributed by atoms with Crippen molar-refractivity contribution >= 4 is 16.1 Å². The highest BCUT2D eigenvalue weighted by Crippen LogP contribution is 2.21. The Morgan fingerprint density at radius 1 is 1.30 bits per heavy atom. The van der Waals surface area contributed by atoms with Crippen LogP contribution in [0.1, 0.15) is 19.8 Å². The molecule has 2 unspecified atom stereocenters. The Hall–Kier alpha value is -1.84. The lowest BCUT2D eigenvalue weighted by molar-refractivity contribution is -0.126. The van der Waals surface area contributed by atoms with Crippen molar-refractivity contribution in [2.75, 3.05) is 40.9 Å². The Bertz CT molecular complexity index is 721. The van der Waals surface area contributed by atoms with Gasteiger partial charge in [0.1, 0.15) is 18.1 Å². The summed E-state index contributed by atoms with van der Waals surface area (Å²) in [5.74, 6) is 0.951. The monoisotopic (exact) mass is 399 g/mol. The molecule has 27 heavy (non-hydrogen) atoms. The molecule has 0 saturated carbocycles. The Morgan fingerprint density at radius 3 is 2.52 bits per heavy atom. The summed E-state index contributed by atoms with van der Waals surface area (Å²) in [5.41, 5.74) is 0. The number of nitrogens with zero attached hydrogens (tertiary/aromatic N) is 2. The van der Waals surface area contributed by atoms with E-state index in [1.165, 1.54) is 22.7 Å². The van der Waals surface area contributed by atoms with Crippen LogP contribution in [-0.4, -0.2) is 69.9 Å². The van der Waals surface area contributed by atoms with Crippen LogP contribution in [0, 0.1) is 5.92 Å². The van der Waals surface area contributed by atoms with Gasteiger partial charge in [0, 0.05) is 27.2 Å². The van der Waals surface area contributed by atoms with Crippen LogP contribution in [-0.2, 0) is 15.0 Å². The maximum absolute atomic E-state index is 12.5. The maximum atomic E-state index is 12.5. The molecule has 1 fully saturated rings. The van der Waals surface area contributed by atoms with Gasteiger partial charge in [0.05, 0.1) is 19.1 Å². The van der Waals surface area contributed by atoms with Gasteiger partial charge < -0.3 is 14.8 Å². The summed E-state index contributed by atoms with van der Waals surface area (Å²) in [6.45, 7) is 2.84. The molecule has 0 spiro atoms. The molecule has 2 atom stereocenters. The number of ether oxygens (including phenoxy) is 2. The van der Waals surface area contributed by atoms with Crippen LogP contribution in [0.25, 0.3) is 0 Å². The van der Waals surface area contributed by atoms with E-state index in [-0.39, 0.29) is 24.4 Å². The van der Waals surface area contributed by atoms with E-state index in [0.29, 0.717) is 31.7 Å². The number of benzene rings is 1. The first-order valence-corrected chi connectivity index (χ1v) is 10.4. The van der Waals surface area contributed by atoms with Crippen LogP contribution in [0.5, 0.6) is 11.5 Å². The minimum absolute atomic E-state index is 0.139. The first-order valence-electron chi connectivity index (χ1n) is 8.99. The van der Waals surface area contributed by atoms with E-state index in [0.717, 1.165) is 5.75 Å². The highest BCUT2D eigenvalue weighted by Gasteiger charge is 2.33. The van der Waals surface area contributed by atoms with Crippen molar-refractivity contribution < 1.29 is 22.7 Å². The Labute approximate surface area is 161 Å². The average Bonchev–Trinajstić information content (AvgIpc) is 2.66. The van der Waals surface area contributed by atoms with Gasteiger partial charge in [0.15, 0.2) is 0 Å². The lowest BCUT2D eigenvalue weighted by Crippen LogP contribution is -2.50. The first-order chi connectivity index (χ1) is 12.7. The normalized spacial score (nSPS) is 19.5. The molecule has 0 aromatic heterocycles. The number of amides is 1. The zero-order chi connectivity index (χ0) is 20.0. The van der Waals surface area contributed by atoms with Crippen LogP contribution < -0.4 is 14.8 Å². The molecule has 8 nitrogen and oxygen atoms in total. The highest BCUT2D eigenvalue weighted by atomic mass is 32.2. The number of hydrogen-bond donors (Lipinski definition) is 1. The summed E-state index contributed by atoms with van der Waals surface area (Å²) < 4.78 is 37.9. The van der Waals surface area contributed by atoms with Crippen LogP contribution in [0.15, 0.2) is 24.3 Å². The van der Waals surface area contributed by atoms with Crippen molar-refractivity contribution in [3.8, 4) is 11.5 Å². The molecule has 0 aliphatic carbocycles. The number of nitrogens with one attached hydrogen (secondary N) is 1. The summed E-state index contributed by atoms with van der Waals surface area (Å²) in [5, 5.41) is 2.92. The van der Waals surface area contributed by atoms with Crippen molar-refractivity contribution in [2.45, 2.75) is 25.8 Å². The Balaban J connectivity index is 1.84. The van der Waals surface area contributed by atoms with Crippen LogP contribution in [0.3, 0.4) is 0 Å². The zero-order valence-corrected chi connectivity index (χ0v) is 17.2. The molecule has 9 heteroatoms. The van der Waals surface area contributed by atoms with Gasteiger partial charge in [-0.25, -0.2) is 0 Å². The number of rotatable bonds is 8. The van der Waals surface area contributed by atoms with Crippen LogP contribution >= 0.6 is 0 Å². The molecule has 1 saturated heterocycles. The average molecular weight is 400 g/mol. The van der Waals surface area contributed by atoms with E-state index in [9.17, 15) is 13.2 Å². The van der Waals surface area contributed by atoms with Crippen molar-refractivity contribution in [2.24, 2.45) is 5.92 Å². The number of carbonyl (C=O) groups excluding carboxylic acids is 1. The fraction of sp³-hybridized carbons (Fsp3) is 0.611. The van der Waals surface area contributed by atoms with Gasteiger partial charge >= 0.3 is 0 Å². The molecule has 1 heterocycles. The van der Waals surface area contributed by atoms with Crippen LogP contribution in [0.4, 0.5) is 0 Å². The fourth-order valence-corrected chi connectivity index (χ4v) is 4.08. The minimum Gasteiger partial charge on any atom is -0.497 e. The Kier molecular flexibility index (Phi) is 7.46. The molecule has 1 amide bonds. The van der Waals surface area contributed by atoms with Gasteiger partial charge in [0.2, 0.25) is 5.91 Å². The molecule has 1 aliphatic heterocycles. The van der Waals surface area contributed by atoms with Crippen molar-refractivity contribution in [1.82, 2.24) is 13.9 Å². The first kappa shape index (κ1) is 21.5. The quantitative estimate of drug-likeness (QED) is 0.707. The molecule has 1 aliphatic rings. The lowest BCUT2D eigenvalue weighted by atomic mass is 9.98. The predicted octanol–water partition coefficient (Wildman–Crippen LogP) is 1.10. The van der Waals surface area contributed by atoms with Gasteiger partial charge in [-0.2, -0.15) is 17.0 Å². The van der Waals surface area contributed by atoms with E-state index in [2.05, 4.69) is 5.32 Å². The largest absolute Gasteiger partial charge is 0.497 e. The second kappa shape index (κ2) is 9.38. The topological polar surface area (TPSA) is 88.2 Å². The second-order valence-electron chi connectivity index (χ2n) is 6.88. The third kappa shape index (κ3) is 5.82. The van der Waals surface area contributed by atoms with Crippen molar-refractivity contribution in [3.63, 3.8) is 0 Å². The summed E-state index contributed by atoms with van der Waals surface area (Å²) in [7, 11) is 1.10. The third-order valence-corrected chi connectivity index (χ3v) is 6.40. The maximum Gasteiger partial charge on any atom is 0.281 e. The second-order valence-corrected chi connectivity index (χ2v) is 9.03. The van der Waals surface area contributed by atoms with Crippen molar-refractivity contribution in [3.05, 3.63) is 24.3 Å². The Morgan fingerprint density at radius 2 is 1.93 bits per heavy atom. The number of hydrogen-bond acceptors (Lipinski definition) is 5. The zero-order valence-electron chi connectivity index (χ0n) is 16.3.